The van der Waals surface area contributed by atoms with Crippen molar-refractivity contribution >= 4 is 33.3 Å². The number of H-pyrrole nitrogens is 1. The topological polar surface area (TPSA) is 57.8 Å². The Bertz CT molecular complexity index is 1150. The molecule has 0 unspecified atom stereocenters. The first-order chi connectivity index (χ1) is 12.6. The Labute approximate surface area is 155 Å². The molecular formula is C21H18ClN3O. The second kappa shape index (κ2) is 6.90. The van der Waals surface area contributed by atoms with E-state index in [-0.39, 0.29) is 11.6 Å². The molecule has 1 heterocycles. The third-order valence-corrected chi connectivity index (χ3v) is 4.80. The highest BCUT2D eigenvalue weighted by Crippen LogP contribution is 2.20. The summed E-state index contributed by atoms with van der Waals surface area (Å²) >= 11 is 6.01. The molecule has 4 nitrogen and oxygen atoms in total. The third-order valence-electron chi connectivity index (χ3n) is 4.57. The first-order valence-corrected chi connectivity index (χ1v) is 8.88. The molecule has 0 aliphatic rings. The number of aromatic nitrogens is 2. The quantitative estimate of drug-likeness (QED) is 0.558. The number of rotatable bonds is 4. The van der Waals surface area contributed by atoms with Gasteiger partial charge in [-0.25, -0.2) is 4.98 Å². The summed E-state index contributed by atoms with van der Waals surface area (Å²) in [5.41, 5.74) is 1.65. The first kappa shape index (κ1) is 16.8. The van der Waals surface area contributed by atoms with E-state index < -0.39 is 0 Å². The number of halogens is 1. The van der Waals surface area contributed by atoms with Crippen molar-refractivity contribution in [3.8, 4) is 0 Å². The van der Waals surface area contributed by atoms with E-state index in [1.165, 1.54) is 16.3 Å². The number of hydrogen-bond acceptors (Lipinski definition) is 3. The van der Waals surface area contributed by atoms with Crippen molar-refractivity contribution < 1.29 is 0 Å². The predicted molar refractivity (Wildman–Crippen MR) is 107 cm³/mol. The molecular weight excluding hydrogens is 346 g/mol. The van der Waals surface area contributed by atoms with E-state index in [9.17, 15) is 4.79 Å². The van der Waals surface area contributed by atoms with Gasteiger partial charge in [0.1, 0.15) is 5.82 Å². The summed E-state index contributed by atoms with van der Waals surface area (Å²) < 4.78 is 0. The molecule has 0 amide bonds. The summed E-state index contributed by atoms with van der Waals surface area (Å²) in [7, 11) is 0. The molecule has 1 aromatic heterocycles. The second-order valence-electron chi connectivity index (χ2n) is 6.38. The number of nitrogens with zero attached hydrogens (tertiary/aromatic N) is 1. The lowest BCUT2D eigenvalue weighted by molar-refractivity contribution is 0.560. The molecule has 0 aliphatic heterocycles. The van der Waals surface area contributed by atoms with Crippen molar-refractivity contribution in [2.24, 2.45) is 0 Å². The minimum atomic E-state index is -0.151. The summed E-state index contributed by atoms with van der Waals surface area (Å²) in [5, 5.41) is 6.97. The van der Waals surface area contributed by atoms with Gasteiger partial charge in [0.05, 0.1) is 17.4 Å². The lowest BCUT2D eigenvalue weighted by atomic mass is 10.0. The number of benzene rings is 3. The fourth-order valence-corrected chi connectivity index (χ4v) is 3.26. The fourth-order valence-electron chi connectivity index (χ4n) is 3.09. The molecule has 0 radical (unpaired) electrons. The van der Waals surface area contributed by atoms with Gasteiger partial charge in [-0.05, 0) is 47.5 Å². The van der Waals surface area contributed by atoms with E-state index in [0.29, 0.717) is 28.3 Å². The van der Waals surface area contributed by atoms with Gasteiger partial charge in [-0.2, -0.15) is 0 Å². The molecule has 4 rings (SSSR count). The van der Waals surface area contributed by atoms with Gasteiger partial charge in [0.2, 0.25) is 0 Å². The average molecular weight is 364 g/mol. The van der Waals surface area contributed by atoms with E-state index >= 15 is 0 Å². The Hall–Kier alpha value is -2.69. The molecule has 130 valence electrons. The largest absolute Gasteiger partial charge is 0.309 e. The average Bonchev–Trinajstić information content (AvgIpc) is 2.65. The van der Waals surface area contributed by atoms with Crippen molar-refractivity contribution in [1.82, 2.24) is 15.3 Å². The molecule has 0 saturated heterocycles. The monoisotopic (exact) mass is 363 g/mol. The van der Waals surface area contributed by atoms with Gasteiger partial charge in [0.15, 0.2) is 0 Å². The number of aromatic amines is 1. The van der Waals surface area contributed by atoms with Crippen LogP contribution in [0.5, 0.6) is 0 Å². The minimum absolute atomic E-state index is 0.125. The summed E-state index contributed by atoms with van der Waals surface area (Å²) in [5.74, 6) is 0.595. The SMILES string of the molecule is C[C@H](NCc1nc2cc(Cl)ccc2c(=O)[nH]1)c1ccc2ccccc2c1. The molecule has 4 aromatic rings. The Morgan fingerprint density at radius 2 is 1.88 bits per heavy atom. The summed E-state index contributed by atoms with van der Waals surface area (Å²) in [6, 6.07) is 19.9. The Morgan fingerprint density at radius 1 is 1.08 bits per heavy atom. The van der Waals surface area contributed by atoms with Crippen LogP contribution in [0.25, 0.3) is 21.7 Å². The van der Waals surface area contributed by atoms with Gasteiger partial charge < -0.3 is 10.3 Å². The molecule has 1 atom stereocenters. The summed E-state index contributed by atoms with van der Waals surface area (Å²) in [6.07, 6.45) is 0. The van der Waals surface area contributed by atoms with Crippen LogP contribution < -0.4 is 10.9 Å². The standard InChI is InChI=1S/C21H18ClN3O/c1-13(15-7-6-14-4-2-3-5-16(14)10-15)23-12-20-24-19-11-17(22)8-9-18(19)21(26)25-20/h2-11,13,23H,12H2,1H3,(H,24,25,26)/t13-/m0/s1. The molecule has 0 bridgehead atoms. The Morgan fingerprint density at radius 3 is 2.73 bits per heavy atom. The second-order valence-corrected chi connectivity index (χ2v) is 6.82. The zero-order chi connectivity index (χ0) is 18.1. The maximum atomic E-state index is 12.2. The predicted octanol–water partition coefficient (Wildman–Crippen LogP) is 4.58. The van der Waals surface area contributed by atoms with E-state index in [2.05, 4.69) is 52.5 Å². The fraction of sp³-hybridized carbons (Fsp3) is 0.143. The molecule has 26 heavy (non-hydrogen) atoms. The molecule has 3 aromatic carbocycles. The minimum Gasteiger partial charge on any atom is -0.309 e. The van der Waals surface area contributed by atoms with E-state index in [1.54, 1.807) is 18.2 Å². The molecule has 5 heteroatoms. The van der Waals surface area contributed by atoms with Gasteiger partial charge >= 0.3 is 0 Å². The van der Waals surface area contributed by atoms with Crippen molar-refractivity contribution in [3.05, 3.63) is 87.4 Å². The highest BCUT2D eigenvalue weighted by atomic mass is 35.5. The molecule has 2 N–H and O–H groups in total. The lowest BCUT2D eigenvalue weighted by Crippen LogP contribution is -2.22. The Balaban J connectivity index is 1.55. The van der Waals surface area contributed by atoms with Crippen LogP contribution in [0.2, 0.25) is 5.02 Å². The first-order valence-electron chi connectivity index (χ1n) is 8.51. The molecule has 0 saturated carbocycles. The van der Waals surface area contributed by atoms with E-state index in [4.69, 9.17) is 11.6 Å². The Kier molecular flexibility index (Phi) is 4.45. The van der Waals surface area contributed by atoms with Crippen LogP contribution in [-0.2, 0) is 6.54 Å². The highest BCUT2D eigenvalue weighted by molar-refractivity contribution is 6.31. The van der Waals surface area contributed by atoms with Gasteiger partial charge in [-0.3, -0.25) is 4.79 Å². The smallest absolute Gasteiger partial charge is 0.258 e. The van der Waals surface area contributed by atoms with Gasteiger partial charge in [0, 0.05) is 11.1 Å². The van der Waals surface area contributed by atoms with Gasteiger partial charge in [-0.1, -0.05) is 48.0 Å². The zero-order valence-electron chi connectivity index (χ0n) is 14.3. The molecule has 0 fully saturated rings. The van der Waals surface area contributed by atoms with Crippen LogP contribution in [0, 0.1) is 0 Å². The summed E-state index contributed by atoms with van der Waals surface area (Å²) in [4.78, 5) is 19.5. The van der Waals surface area contributed by atoms with E-state index in [0.717, 1.165) is 0 Å². The van der Waals surface area contributed by atoms with Crippen molar-refractivity contribution in [1.29, 1.82) is 0 Å². The van der Waals surface area contributed by atoms with Crippen LogP contribution in [0.4, 0.5) is 0 Å². The van der Waals surface area contributed by atoms with Gasteiger partial charge in [0.25, 0.3) is 5.56 Å². The summed E-state index contributed by atoms with van der Waals surface area (Å²) in [6.45, 7) is 2.56. The van der Waals surface area contributed by atoms with Crippen LogP contribution >= 0.6 is 11.6 Å². The van der Waals surface area contributed by atoms with Crippen molar-refractivity contribution in [3.63, 3.8) is 0 Å². The third kappa shape index (κ3) is 3.34. The number of hydrogen-bond donors (Lipinski definition) is 2. The van der Waals surface area contributed by atoms with Crippen LogP contribution in [0.3, 0.4) is 0 Å². The maximum absolute atomic E-state index is 12.2. The van der Waals surface area contributed by atoms with Crippen molar-refractivity contribution in [2.75, 3.05) is 0 Å². The van der Waals surface area contributed by atoms with E-state index in [1.807, 2.05) is 12.1 Å². The van der Waals surface area contributed by atoms with Crippen LogP contribution in [-0.4, -0.2) is 9.97 Å². The maximum Gasteiger partial charge on any atom is 0.258 e. The molecule has 0 spiro atoms. The van der Waals surface area contributed by atoms with Crippen molar-refractivity contribution in [2.45, 2.75) is 19.5 Å². The van der Waals surface area contributed by atoms with Crippen LogP contribution in [0.15, 0.2) is 65.5 Å². The normalized spacial score (nSPS) is 12.5. The number of nitrogens with one attached hydrogen (secondary N) is 2. The molecule has 0 aliphatic carbocycles. The zero-order valence-corrected chi connectivity index (χ0v) is 15.0. The van der Waals surface area contributed by atoms with Crippen LogP contribution in [0.1, 0.15) is 24.4 Å². The van der Waals surface area contributed by atoms with Gasteiger partial charge in [-0.15, -0.1) is 0 Å². The highest BCUT2D eigenvalue weighted by Gasteiger charge is 2.09. The lowest BCUT2D eigenvalue weighted by Gasteiger charge is -2.15. The number of fused-ring (bicyclic) bond motifs is 2.